The minimum absolute atomic E-state index is 0.684. The quantitative estimate of drug-likeness (QED) is 0.649. The number of likely N-dealkylation sites (tertiary alicyclic amines) is 1. The largest absolute Gasteiger partial charge is 0.370 e. The van der Waals surface area contributed by atoms with Gasteiger partial charge in [0.15, 0.2) is 5.96 Å². The standard InChI is InChI=1S/C21H35N5/c1-3-24-12-14-25(15-13-24)17-20-7-5-4-6-19(20)16-23-21(22)26-10-8-18(2)9-11-26/h4-7,18H,3,8-17H2,1-2H3,(H2,22,23). The molecule has 1 aromatic rings. The molecule has 3 rings (SSSR count). The number of aliphatic imine (C=N–C) groups is 1. The average molecular weight is 358 g/mol. The third-order valence-corrected chi connectivity index (χ3v) is 5.94. The van der Waals surface area contributed by atoms with Crippen LogP contribution in [-0.4, -0.2) is 66.5 Å². The van der Waals surface area contributed by atoms with Crippen molar-refractivity contribution >= 4 is 5.96 Å². The summed E-state index contributed by atoms with van der Waals surface area (Å²) in [7, 11) is 0. The maximum atomic E-state index is 6.27. The van der Waals surface area contributed by atoms with Crippen LogP contribution in [0.5, 0.6) is 0 Å². The number of benzene rings is 1. The molecule has 0 spiro atoms. The molecule has 5 nitrogen and oxygen atoms in total. The van der Waals surface area contributed by atoms with E-state index in [1.807, 2.05) is 0 Å². The second-order valence-corrected chi connectivity index (χ2v) is 7.82. The first-order chi connectivity index (χ1) is 12.7. The normalized spacial score (nSPS) is 21.3. The fourth-order valence-electron chi connectivity index (χ4n) is 3.87. The van der Waals surface area contributed by atoms with Gasteiger partial charge >= 0.3 is 0 Å². The van der Waals surface area contributed by atoms with E-state index in [4.69, 9.17) is 10.7 Å². The Morgan fingerprint density at radius 1 is 1.00 bits per heavy atom. The van der Waals surface area contributed by atoms with Crippen molar-refractivity contribution in [2.75, 3.05) is 45.8 Å². The van der Waals surface area contributed by atoms with Crippen LogP contribution in [0, 0.1) is 5.92 Å². The summed E-state index contributed by atoms with van der Waals surface area (Å²) >= 11 is 0. The van der Waals surface area contributed by atoms with Crippen LogP contribution >= 0.6 is 0 Å². The van der Waals surface area contributed by atoms with Crippen molar-refractivity contribution in [3.8, 4) is 0 Å². The van der Waals surface area contributed by atoms with Crippen molar-refractivity contribution < 1.29 is 0 Å². The van der Waals surface area contributed by atoms with Crippen molar-refractivity contribution in [3.05, 3.63) is 35.4 Å². The summed E-state index contributed by atoms with van der Waals surface area (Å²) in [6, 6.07) is 8.70. The molecule has 0 aromatic heterocycles. The summed E-state index contributed by atoms with van der Waals surface area (Å²) in [5.74, 6) is 1.52. The van der Waals surface area contributed by atoms with E-state index < -0.39 is 0 Å². The summed E-state index contributed by atoms with van der Waals surface area (Å²) in [6.07, 6.45) is 2.44. The van der Waals surface area contributed by atoms with Crippen molar-refractivity contribution in [1.29, 1.82) is 0 Å². The van der Waals surface area contributed by atoms with E-state index in [-0.39, 0.29) is 0 Å². The Kier molecular flexibility index (Phi) is 6.92. The Bertz CT molecular complexity index is 584. The Morgan fingerprint density at radius 3 is 2.27 bits per heavy atom. The highest BCUT2D eigenvalue weighted by molar-refractivity contribution is 5.78. The molecule has 0 radical (unpaired) electrons. The molecule has 26 heavy (non-hydrogen) atoms. The fourth-order valence-corrected chi connectivity index (χ4v) is 3.87. The van der Waals surface area contributed by atoms with Crippen LogP contribution in [0.15, 0.2) is 29.3 Å². The van der Waals surface area contributed by atoms with Crippen molar-refractivity contribution in [3.63, 3.8) is 0 Å². The first-order valence-corrected chi connectivity index (χ1v) is 10.2. The van der Waals surface area contributed by atoms with Gasteiger partial charge < -0.3 is 15.5 Å². The Balaban J connectivity index is 1.58. The second-order valence-electron chi connectivity index (χ2n) is 7.82. The van der Waals surface area contributed by atoms with Crippen LogP contribution in [0.2, 0.25) is 0 Å². The highest BCUT2D eigenvalue weighted by Gasteiger charge is 2.18. The molecule has 2 saturated heterocycles. The van der Waals surface area contributed by atoms with Gasteiger partial charge in [0.1, 0.15) is 0 Å². The molecular weight excluding hydrogens is 322 g/mol. The van der Waals surface area contributed by atoms with E-state index in [0.717, 1.165) is 45.2 Å². The molecule has 1 aromatic carbocycles. The average Bonchev–Trinajstić information content (AvgIpc) is 2.68. The van der Waals surface area contributed by atoms with E-state index in [9.17, 15) is 0 Å². The molecule has 2 N–H and O–H groups in total. The first kappa shape index (κ1) is 19.2. The van der Waals surface area contributed by atoms with Gasteiger partial charge in [0.05, 0.1) is 6.54 Å². The van der Waals surface area contributed by atoms with Crippen molar-refractivity contribution in [2.24, 2.45) is 16.6 Å². The molecule has 2 aliphatic rings. The number of hydrogen-bond acceptors (Lipinski definition) is 3. The molecular formula is C21H35N5. The lowest BCUT2D eigenvalue weighted by molar-refractivity contribution is 0.131. The fraction of sp³-hybridized carbons (Fsp3) is 0.667. The van der Waals surface area contributed by atoms with E-state index in [0.29, 0.717) is 12.5 Å². The highest BCUT2D eigenvalue weighted by atomic mass is 15.3. The molecule has 0 atom stereocenters. The van der Waals surface area contributed by atoms with E-state index in [2.05, 4.69) is 52.8 Å². The zero-order valence-electron chi connectivity index (χ0n) is 16.5. The van der Waals surface area contributed by atoms with Gasteiger partial charge in [-0.15, -0.1) is 0 Å². The second kappa shape index (κ2) is 9.38. The maximum absolute atomic E-state index is 6.27. The number of piperazine rings is 1. The zero-order valence-corrected chi connectivity index (χ0v) is 16.5. The highest BCUT2D eigenvalue weighted by Crippen LogP contribution is 2.17. The molecule has 144 valence electrons. The van der Waals surface area contributed by atoms with Crippen LogP contribution in [0.4, 0.5) is 0 Å². The molecule has 0 bridgehead atoms. The van der Waals surface area contributed by atoms with Crippen molar-refractivity contribution in [1.82, 2.24) is 14.7 Å². The number of nitrogens with zero attached hydrogens (tertiary/aromatic N) is 4. The summed E-state index contributed by atoms with van der Waals surface area (Å²) in [6.45, 7) is 14.2. The topological polar surface area (TPSA) is 48.1 Å². The monoisotopic (exact) mass is 357 g/mol. The molecule has 5 heteroatoms. The third kappa shape index (κ3) is 5.21. The lowest BCUT2D eigenvalue weighted by atomic mass is 10.00. The van der Waals surface area contributed by atoms with Crippen LogP contribution in [-0.2, 0) is 13.1 Å². The minimum atomic E-state index is 0.684. The van der Waals surface area contributed by atoms with Gasteiger partial charge in [0.25, 0.3) is 0 Å². The van der Waals surface area contributed by atoms with Crippen LogP contribution < -0.4 is 5.73 Å². The SMILES string of the molecule is CCN1CCN(Cc2ccccc2CN=C(N)N2CCC(C)CC2)CC1. The number of guanidine groups is 1. The summed E-state index contributed by atoms with van der Waals surface area (Å²) in [4.78, 5) is 12.0. The van der Waals surface area contributed by atoms with Crippen LogP contribution in [0.1, 0.15) is 37.8 Å². The van der Waals surface area contributed by atoms with Gasteiger partial charge in [0.2, 0.25) is 0 Å². The molecule has 0 amide bonds. The Morgan fingerprint density at radius 2 is 1.62 bits per heavy atom. The van der Waals surface area contributed by atoms with Gasteiger partial charge in [-0.05, 0) is 36.4 Å². The number of rotatable bonds is 5. The number of nitrogens with two attached hydrogens (primary N) is 1. The predicted octanol–water partition coefficient (Wildman–Crippen LogP) is 2.37. The summed E-state index contributed by atoms with van der Waals surface area (Å²) < 4.78 is 0. The molecule has 0 aliphatic carbocycles. The molecule has 0 saturated carbocycles. The molecule has 2 aliphatic heterocycles. The van der Waals surface area contributed by atoms with Gasteiger partial charge in [-0.25, -0.2) is 4.99 Å². The summed E-state index contributed by atoms with van der Waals surface area (Å²) in [5, 5.41) is 0. The predicted molar refractivity (Wildman–Crippen MR) is 109 cm³/mol. The molecule has 2 fully saturated rings. The number of hydrogen-bond donors (Lipinski definition) is 1. The first-order valence-electron chi connectivity index (χ1n) is 10.2. The lowest BCUT2D eigenvalue weighted by Crippen LogP contribution is -2.45. The Hall–Kier alpha value is -1.59. The maximum Gasteiger partial charge on any atom is 0.191 e. The van der Waals surface area contributed by atoms with Gasteiger partial charge in [0, 0.05) is 45.8 Å². The van der Waals surface area contributed by atoms with Crippen LogP contribution in [0.25, 0.3) is 0 Å². The molecule has 0 unspecified atom stereocenters. The zero-order chi connectivity index (χ0) is 18.4. The van der Waals surface area contributed by atoms with E-state index >= 15 is 0 Å². The minimum Gasteiger partial charge on any atom is -0.370 e. The van der Waals surface area contributed by atoms with E-state index in [1.165, 1.54) is 37.1 Å². The van der Waals surface area contributed by atoms with Gasteiger partial charge in [-0.3, -0.25) is 4.90 Å². The Labute approximate surface area is 158 Å². The smallest absolute Gasteiger partial charge is 0.191 e. The van der Waals surface area contributed by atoms with Gasteiger partial charge in [-0.1, -0.05) is 38.1 Å². The molecule has 2 heterocycles. The van der Waals surface area contributed by atoms with E-state index in [1.54, 1.807) is 0 Å². The lowest BCUT2D eigenvalue weighted by Gasteiger charge is -2.34. The number of likely N-dealkylation sites (N-methyl/N-ethyl adjacent to an activating group) is 1. The van der Waals surface area contributed by atoms with Crippen molar-refractivity contribution in [2.45, 2.75) is 39.8 Å². The number of piperidine rings is 1. The third-order valence-electron chi connectivity index (χ3n) is 5.94. The van der Waals surface area contributed by atoms with Gasteiger partial charge in [-0.2, -0.15) is 0 Å². The summed E-state index contributed by atoms with van der Waals surface area (Å²) in [5.41, 5.74) is 8.96. The van der Waals surface area contributed by atoms with Crippen LogP contribution in [0.3, 0.4) is 0 Å².